The third-order valence-electron chi connectivity index (χ3n) is 6.13. The first-order valence-electron chi connectivity index (χ1n) is 11.9. The third-order valence-corrected chi connectivity index (χ3v) is 6.13. The molecule has 0 aliphatic carbocycles. The van der Waals surface area contributed by atoms with Crippen LogP contribution in [0.1, 0.15) is 20.8 Å². The van der Waals surface area contributed by atoms with Gasteiger partial charge in [0.15, 0.2) is 5.82 Å². The molecule has 0 saturated carbocycles. The van der Waals surface area contributed by atoms with Crippen molar-refractivity contribution >= 4 is 33.5 Å². The van der Waals surface area contributed by atoms with E-state index in [1.807, 2.05) is 63.2 Å². The summed E-state index contributed by atoms with van der Waals surface area (Å²) in [6.45, 7) is 5.63. The second-order valence-electron chi connectivity index (χ2n) is 9.88. The van der Waals surface area contributed by atoms with E-state index in [0.717, 1.165) is 44.3 Å². The van der Waals surface area contributed by atoms with E-state index < -0.39 is 5.41 Å². The van der Waals surface area contributed by atoms with Gasteiger partial charge in [-0.3, -0.25) is 24.8 Å². The normalized spacial score (nSPS) is 11.8. The second-order valence-corrected chi connectivity index (χ2v) is 9.88. The Balaban J connectivity index is 1.40. The molecule has 0 spiro atoms. The smallest absolute Gasteiger partial charge is 0.229 e. The molecular formula is C28H24N8O. The van der Waals surface area contributed by atoms with Crippen LogP contribution in [0, 0.1) is 5.41 Å². The van der Waals surface area contributed by atoms with E-state index in [2.05, 4.69) is 35.5 Å². The molecule has 0 unspecified atom stereocenters. The van der Waals surface area contributed by atoms with Crippen LogP contribution in [0.25, 0.3) is 55.8 Å². The lowest BCUT2D eigenvalue weighted by molar-refractivity contribution is -0.123. The summed E-state index contributed by atoms with van der Waals surface area (Å²) in [7, 11) is 0. The number of imidazole rings is 1. The molecule has 5 heterocycles. The van der Waals surface area contributed by atoms with Gasteiger partial charge in [0.1, 0.15) is 11.2 Å². The van der Waals surface area contributed by atoms with Crippen LogP contribution in [0.3, 0.4) is 0 Å². The number of H-pyrrole nitrogens is 2. The predicted octanol–water partition coefficient (Wildman–Crippen LogP) is 5.61. The van der Waals surface area contributed by atoms with Crippen molar-refractivity contribution in [2.24, 2.45) is 5.41 Å². The first-order chi connectivity index (χ1) is 17.9. The van der Waals surface area contributed by atoms with E-state index in [1.165, 1.54) is 0 Å². The number of amides is 1. The van der Waals surface area contributed by atoms with Crippen LogP contribution in [0.15, 0.2) is 73.4 Å². The van der Waals surface area contributed by atoms with Crippen molar-refractivity contribution in [1.29, 1.82) is 0 Å². The number of aromatic nitrogens is 7. The van der Waals surface area contributed by atoms with Gasteiger partial charge in [-0.1, -0.05) is 32.9 Å². The molecule has 0 fully saturated rings. The Bertz CT molecular complexity index is 1760. The van der Waals surface area contributed by atoms with Gasteiger partial charge in [-0.25, -0.2) is 4.98 Å². The van der Waals surface area contributed by atoms with Crippen LogP contribution in [-0.4, -0.2) is 41.0 Å². The number of anilines is 1. The molecule has 0 atom stereocenters. The molecule has 1 amide bonds. The van der Waals surface area contributed by atoms with Crippen molar-refractivity contribution in [1.82, 2.24) is 35.1 Å². The molecule has 0 aliphatic heterocycles. The number of rotatable bonds is 4. The number of nitrogens with zero attached hydrogens (tertiary/aromatic N) is 5. The van der Waals surface area contributed by atoms with E-state index >= 15 is 0 Å². The fourth-order valence-corrected chi connectivity index (χ4v) is 4.11. The summed E-state index contributed by atoms with van der Waals surface area (Å²) in [4.78, 5) is 33.8. The first kappa shape index (κ1) is 22.5. The van der Waals surface area contributed by atoms with Crippen LogP contribution < -0.4 is 5.32 Å². The maximum Gasteiger partial charge on any atom is 0.229 e. The minimum Gasteiger partial charge on any atom is -0.335 e. The molecule has 6 rings (SSSR count). The molecule has 0 bridgehead atoms. The van der Waals surface area contributed by atoms with Crippen LogP contribution in [0.5, 0.6) is 0 Å². The van der Waals surface area contributed by atoms with Crippen molar-refractivity contribution in [3.63, 3.8) is 0 Å². The van der Waals surface area contributed by atoms with E-state index in [1.54, 1.807) is 31.0 Å². The third kappa shape index (κ3) is 4.20. The molecule has 0 radical (unpaired) electrons. The van der Waals surface area contributed by atoms with Gasteiger partial charge in [0.2, 0.25) is 5.91 Å². The Labute approximate surface area is 212 Å². The summed E-state index contributed by atoms with van der Waals surface area (Å²) >= 11 is 0. The Hall–Kier alpha value is -4.92. The zero-order chi connectivity index (χ0) is 25.6. The van der Waals surface area contributed by atoms with E-state index in [0.29, 0.717) is 17.2 Å². The van der Waals surface area contributed by atoms with E-state index in [4.69, 9.17) is 4.98 Å². The van der Waals surface area contributed by atoms with Crippen molar-refractivity contribution in [3.05, 3.63) is 73.4 Å². The van der Waals surface area contributed by atoms with Gasteiger partial charge >= 0.3 is 0 Å². The number of hydrogen-bond acceptors (Lipinski definition) is 6. The lowest BCUT2D eigenvalue weighted by Gasteiger charge is -2.17. The van der Waals surface area contributed by atoms with Crippen LogP contribution in [0.2, 0.25) is 0 Å². The van der Waals surface area contributed by atoms with Crippen LogP contribution in [-0.2, 0) is 4.79 Å². The zero-order valence-corrected chi connectivity index (χ0v) is 20.6. The summed E-state index contributed by atoms with van der Waals surface area (Å²) in [6.07, 6.45) is 8.70. The fraction of sp³-hybridized carbons (Fsp3) is 0.143. The number of carbonyl (C=O) groups is 1. The van der Waals surface area contributed by atoms with Gasteiger partial charge in [-0.2, -0.15) is 5.10 Å². The maximum atomic E-state index is 12.4. The summed E-state index contributed by atoms with van der Waals surface area (Å²) in [5.41, 5.74) is 6.79. The predicted molar refractivity (Wildman–Crippen MR) is 144 cm³/mol. The zero-order valence-electron chi connectivity index (χ0n) is 20.6. The topological polar surface area (TPSA) is 125 Å². The Morgan fingerprint density at radius 2 is 1.78 bits per heavy atom. The molecular weight excluding hydrogens is 464 g/mol. The summed E-state index contributed by atoms with van der Waals surface area (Å²) in [5, 5.41) is 11.5. The van der Waals surface area contributed by atoms with Gasteiger partial charge in [0, 0.05) is 40.5 Å². The van der Waals surface area contributed by atoms with Crippen molar-refractivity contribution in [2.75, 3.05) is 5.32 Å². The number of hydrogen-bond donors (Lipinski definition) is 3. The number of nitrogens with one attached hydrogen (secondary N) is 3. The molecule has 6 aromatic rings. The Morgan fingerprint density at radius 1 is 0.919 bits per heavy atom. The lowest BCUT2D eigenvalue weighted by atomic mass is 9.95. The quantitative estimate of drug-likeness (QED) is 0.296. The van der Waals surface area contributed by atoms with Crippen LogP contribution in [0.4, 0.5) is 5.69 Å². The molecule has 182 valence electrons. The first-order valence-corrected chi connectivity index (χ1v) is 11.9. The standard InChI is InChI=1S/C28H24N8O/c1-28(2,3)27(37)32-18-10-17(12-29-13-18)16-7-8-22-19(11-16)25(36-35-22)26-33-23-15-30-14-20(24(23)34-26)21-6-4-5-9-31-21/h4-15H,1-3H3,(H,32,37)(H,33,34)(H,35,36). The highest BCUT2D eigenvalue weighted by molar-refractivity contribution is 5.98. The molecule has 37 heavy (non-hydrogen) atoms. The molecule has 0 aliphatic rings. The fourth-order valence-electron chi connectivity index (χ4n) is 4.11. The van der Waals surface area contributed by atoms with Crippen molar-refractivity contribution in [3.8, 4) is 33.9 Å². The summed E-state index contributed by atoms with van der Waals surface area (Å²) in [6, 6.07) is 13.7. The van der Waals surface area contributed by atoms with Gasteiger partial charge < -0.3 is 10.3 Å². The van der Waals surface area contributed by atoms with Crippen molar-refractivity contribution in [2.45, 2.75) is 20.8 Å². The number of aromatic amines is 2. The SMILES string of the molecule is CC(C)(C)C(=O)Nc1cncc(-c2ccc3[nH]nc(-c4nc5c(-c6ccccn6)cncc5[nH]4)c3c2)c1. The highest BCUT2D eigenvalue weighted by atomic mass is 16.2. The molecule has 9 heteroatoms. The minimum absolute atomic E-state index is 0.0662. The van der Waals surface area contributed by atoms with Gasteiger partial charge in [-0.15, -0.1) is 0 Å². The average molecular weight is 489 g/mol. The molecule has 0 saturated heterocycles. The molecule has 5 aromatic heterocycles. The highest BCUT2D eigenvalue weighted by Gasteiger charge is 2.21. The molecule has 1 aromatic carbocycles. The minimum atomic E-state index is -0.501. The average Bonchev–Trinajstić information content (AvgIpc) is 3.52. The number of fused-ring (bicyclic) bond motifs is 2. The maximum absolute atomic E-state index is 12.4. The van der Waals surface area contributed by atoms with E-state index in [9.17, 15) is 4.79 Å². The van der Waals surface area contributed by atoms with Crippen molar-refractivity contribution < 1.29 is 4.79 Å². The number of pyridine rings is 3. The largest absolute Gasteiger partial charge is 0.335 e. The second kappa shape index (κ2) is 8.63. The number of benzene rings is 1. The summed E-state index contributed by atoms with van der Waals surface area (Å²) < 4.78 is 0. The highest BCUT2D eigenvalue weighted by Crippen LogP contribution is 2.32. The van der Waals surface area contributed by atoms with Gasteiger partial charge in [0.25, 0.3) is 0 Å². The lowest BCUT2D eigenvalue weighted by Crippen LogP contribution is -2.27. The Kier molecular flexibility index (Phi) is 5.26. The Morgan fingerprint density at radius 3 is 2.59 bits per heavy atom. The van der Waals surface area contributed by atoms with Gasteiger partial charge in [0.05, 0.1) is 34.8 Å². The van der Waals surface area contributed by atoms with E-state index in [-0.39, 0.29) is 5.91 Å². The van der Waals surface area contributed by atoms with Gasteiger partial charge in [-0.05, 0) is 35.9 Å². The molecule has 9 nitrogen and oxygen atoms in total. The van der Waals surface area contributed by atoms with Crippen LogP contribution >= 0.6 is 0 Å². The summed E-state index contributed by atoms with van der Waals surface area (Å²) in [5.74, 6) is 0.566. The number of carbonyl (C=O) groups excluding carboxylic acids is 1. The monoisotopic (exact) mass is 488 g/mol. The molecule has 3 N–H and O–H groups in total.